The molecular weight excluding hydrogens is 257 g/mol. The molecule has 4 heteroatoms. The molecule has 1 aromatic rings. The number of likely N-dealkylation sites (N-methyl/N-ethyl adjacent to an activating group) is 1. The third-order valence-corrected chi connectivity index (χ3v) is 3.65. The van der Waals surface area contributed by atoms with E-state index in [1.54, 1.807) is 13.2 Å². The molecule has 0 heterocycles. The monoisotopic (exact) mass is 275 g/mol. The molecule has 2 unspecified atom stereocenters. The third kappa shape index (κ3) is 3.59. The Morgan fingerprint density at radius 3 is 2.53 bits per heavy atom. The van der Waals surface area contributed by atoms with Crippen LogP contribution in [0.4, 0.5) is 0 Å². The minimum atomic E-state index is 0.0706. The number of ether oxygens (including phenoxy) is 1. The fourth-order valence-corrected chi connectivity index (χ4v) is 2.39. The normalized spacial score (nSPS) is 14.6. The summed E-state index contributed by atoms with van der Waals surface area (Å²) in [6.07, 6.45) is 1.00. The number of methoxy groups -OCH3 is 1. The van der Waals surface area contributed by atoms with Crippen LogP contribution in [0.1, 0.15) is 31.9 Å². The summed E-state index contributed by atoms with van der Waals surface area (Å²) in [4.78, 5) is 0. The molecule has 1 rings (SSSR count). The van der Waals surface area contributed by atoms with E-state index in [2.05, 4.69) is 19.2 Å². The lowest BCUT2D eigenvalue weighted by molar-refractivity contribution is 0.0656. The van der Waals surface area contributed by atoms with Crippen molar-refractivity contribution >= 4 is 23.2 Å². The molecular formula is C13H19Cl2NO. The van der Waals surface area contributed by atoms with Crippen molar-refractivity contribution in [2.24, 2.45) is 0 Å². The average Bonchev–Trinajstić information content (AvgIpc) is 2.33. The standard InChI is InChI=1S/C13H19Cl2NO/c1-4-11(17-3)13(16-5-2)9-7-6-8-10(14)12(9)15/h6-8,11,13,16H,4-5H2,1-3H3. The Hall–Kier alpha value is -0.280. The predicted molar refractivity (Wildman–Crippen MR) is 74.0 cm³/mol. The molecule has 0 aromatic heterocycles. The van der Waals surface area contributed by atoms with Crippen molar-refractivity contribution < 1.29 is 4.74 Å². The van der Waals surface area contributed by atoms with Gasteiger partial charge in [-0.1, -0.05) is 49.2 Å². The highest BCUT2D eigenvalue weighted by Crippen LogP contribution is 2.32. The first-order valence-corrected chi connectivity index (χ1v) is 6.61. The van der Waals surface area contributed by atoms with Crippen LogP contribution in [0.2, 0.25) is 10.0 Å². The third-order valence-electron chi connectivity index (χ3n) is 2.82. The molecule has 0 aliphatic rings. The van der Waals surface area contributed by atoms with Crippen molar-refractivity contribution in [2.75, 3.05) is 13.7 Å². The maximum Gasteiger partial charge on any atom is 0.0763 e. The van der Waals surface area contributed by atoms with Gasteiger partial charge in [-0.05, 0) is 24.6 Å². The summed E-state index contributed by atoms with van der Waals surface area (Å²) in [6, 6.07) is 5.77. The fraction of sp³-hybridized carbons (Fsp3) is 0.538. The number of hydrogen-bond donors (Lipinski definition) is 1. The van der Waals surface area contributed by atoms with E-state index < -0.39 is 0 Å². The molecule has 2 atom stereocenters. The molecule has 0 aliphatic carbocycles. The maximum absolute atomic E-state index is 6.25. The van der Waals surface area contributed by atoms with Gasteiger partial charge in [-0.2, -0.15) is 0 Å². The molecule has 1 N–H and O–H groups in total. The molecule has 17 heavy (non-hydrogen) atoms. The second-order valence-corrected chi connectivity index (χ2v) is 4.65. The summed E-state index contributed by atoms with van der Waals surface area (Å²) in [7, 11) is 1.72. The van der Waals surface area contributed by atoms with Crippen LogP contribution in [0, 0.1) is 0 Å². The molecule has 0 amide bonds. The summed E-state index contributed by atoms with van der Waals surface area (Å²) in [5, 5.41) is 4.59. The molecule has 0 radical (unpaired) electrons. The van der Waals surface area contributed by atoms with E-state index in [-0.39, 0.29) is 12.1 Å². The second kappa shape index (κ2) is 7.22. The fourth-order valence-electron chi connectivity index (χ4n) is 1.96. The summed E-state index contributed by atoms with van der Waals surface area (Å²) >= 11 is 12.3. The molecule has 0 aliphatic heterocycles. The number of hydrogen-bond acceptors (Lipinski definition) is 2. The van der Waals surface area contributed by atoms with Crippen LogP contribution in [0.3, 0.4) is 0 Å². The summed E-state index contributed by atoms with van der Waals surface area (Å²) < 4.78 is 5.50. The van der Waals surface area contributed by atoms with E-state index in [1.165, 1.54) is 0 Å². The first-order chi connectivity index (χ1) is 8.15. The van der Waals surface area contributed by atoms with Crippen LogP contribution in [-0.4, -0.2) is 19.8 Å². The first-order valence-electron chi connectivity index (χ1n) is 5.85. The van der Waals surface area contributed by atoms with Gasteiger partial charge in [0.1, 0.15) is 0 Å². The van der Waals surface area contributed by atoms with E-state index in [1.807, 2.05) is 12.1 Å². The number of nitrogens with one attached hydrogen (secondary N) is 1. The minimum Gasteiger partial charge on any atom is -0.379 e. The topological polar surface area (TPSA) is 21.3 Å². The smallest absolute Gasteiger partial charge is 0.0763 e. The van der Waals surface area contributed by atoms with Crippen molar-refractivity contribution in [2.45, 2.75) is 32.4 Å². The van der Waals surface area contributed by atoms with Gasteiger partial charge < -0.3 is 10.1 Å². The van der Waals surface area contributed by atoms with Gasteiger partial charge in [-0.25, -0.2) is 0 Å². The number of rotatable bonds is 6. The van der Waals surface area contributed by atoms with Crippen LogP contribution < -0.4 is 5.32 Å². The molecule has 2 nitrogen and oxygen atoms in total. The summed E-state index contributed by atoms with van der Waals surface area (Å²) in [5.41, 5.74) is 0.995. The highest BCUT2D eigenvalue weighted by molar-refractivity contribution is 6.42. The molecule has 96 valence electrons. The summed E-state index contributed by atoms with van der Waals surface area (Å²) in [6.45, 7) is 5.01. The molecule has 0 saturated carbocycles. The lowest BCUT2D eigenvalue weighted by Gasteiger charge is -2.27. The van der Waals surface area contributed by atoms with Gasteiger partial charge in [0, 0.05) is 7.11 Å². The lowest BCUT2D eigenvalue weighted by Crippen LogP contribution is -2.33. The Bertz CT molecular complexity index is 353. The maximum atomic E-state index is 6.25. The minimum absolute atomic E-state index is 0.0706. The van der Waals surface area contributed by atoms with Gasteiger partial charge in [-0.15, -0.1) is 0 Å². The second-order valence-electron chi connectivity index (χ2n) is 3.86. The molecule has 1 aromatic carbocycles. The van der Waals surface area contributed by atoms with Gasteiger partial charge in [0.25, 0.3) is 0 Å². The van der Waals surface area contributed by atoms with Crippen LogP contribution >= 0.6 is 23.2 Å². The zero-order valence-corrected chi connectivity index (χ0v) is 12.0. The van der Waals surface area contributed by atoms with E-state index in [0.29, 0.717) is 10.0 Å². The zero-order valence-electron chi connectivity index (χ0n) is 10.5. The van der Waals surface area contributed by atoms with E-state index >= 15 is 0 Å². The Kier molecular flexibility index (Phi) is 6.28. The Labute approximate surface area is 113 Å². The van der Waals surface area contributed by atoms with Gasteiger partial charge in [-0.3, -0.25) is 0 Å². The average molecular weight is 276 g/mol. The highest BCUT2D eigenvalue weighted by atomic mass is 35.5. The zero-order chi connectivity index (χ0) is 12.8. The van der Waals surface area contributed by atoms with Gasteiger partial charge >= 0.3 is 0 Å². The number of benzene rings is 1. The Morgan fingerprint density at radius 2 is 2.00 bits per heavy atom. The molecule has 0 bridgehead atoms. The quantitative estimate of drug-likeness (QED) is 0.845. The molecule has 0 spiro atoms. The molecule has 0 fully saturated rings. The number of halogens is 2. The van der Waals surface area contributed by atoms with Gasteiger partial charge in [0.15, 0.2) is 0 Å². The van der Waals surface area contributed by atoms with E-state index in [9.17, 15) is 0 Å². The predicted octanol–water partition coefficient (Wildman–Crippen LogP) is 4.07. The van der Waals surface area contributed by atoms with E-state index in [4.69, 9.17) is 27.9 Å². The van der Waals surface area contributed by atoms with E-state index in [0.717, 1.165) is 18.5 Å². The molecule has 0 saturated heterocycles. The largest absolute Gasteiger partial charge is 0.379 e. The summed E-state index contributed by atoms with van der Waals surface area (Å²) in [5.74, 6) is 0. The van der Waals surface area contributed by atoms with Crippen LogP contribution in [0.5, 0.6) is 0 Å². The van der Waals surface area contributed by atoms with Crippen LogP contribution in [0.15, 0.2) is 18.2 Å². The van der Waals surface area contributed by atoms with Crippen molar-refractivity contribution in [3.05, 3.63) is 33.8 Å². The van der Waals surface area contributed by atoms with Crippen molar-refractivity contribution in [3.8, 4) is 0 Å². The first kappa shape index (κ1) is 14.8. The van der Waals surface area contributed by atoms with Gasteiger partial charge in [0.2, 0.25) is 0 Å². The Balaban J connectivity index is 3.08. The van der Waals surface area contributed by atoms with Crippen molar-refractivity contribution in [3.63, 3.8) is 0 Å². The Morgan fingerprint density at radius 1 is 1.29 bits per heavy atom. The van der Waals surface area contributed by atoms with Crippen LogP contribution in [-0.2, 0) is 4.74 Å². The van der Waals surface area contributed by atoms with Gasteiger partial charge in [0.05, 0.1) is 22.2 Å². The van der Waals surface area contributed by atoms with Crippen molar-refractivity contribution in [1.82, 2.24) is 5.32 Å². The SMILES string of the molecule is CCNC(c1cccc(Cl)c1Cl)C(CC)OC. The lowest BCUT2D eigenvalue weighted by atomic mass is 9.99. The highest BCUT2D eigenvalue weighted by Gasteiger charge is 2.23. The van der Waals surface area contributed by atoms with Crippen LogP contribution in [0.25, 0.3) is 0 Å². The van der Waals surface area contributed by atoms with Crippen molar-refractivity contribution in [1.29, 1.82) is 0 Å².